The predicted molar refractivity (Wildman–Crippen MR) is 150 cm³/mol. The van der Waals surface area contributed by atoms with E-state index >= 15 is 0 Å². The average molecular weight is 595 g/mol. The lowest BCUT2D eigenvalue weighted by Gasteiger charge is -2.54. The summed E-state index contributed by atoms with van der Waals surface area (Å²) in [5, 5.41) is 4.27. The van der Waals surface area contributed by atoms with Crippen LogP contribution in [0.25, 0.3) is 11.1 Å². The smallest absolute Gasteiger partial charge is 0.339 e. The molecule has 1 unspecified atom stereocenters. The molecule has 43 heavy (non-hydrogen) atoms. The van der Waals surface area contributed by atoms with Crippen molar-refractivity contribution in [3.05, 3.63) is 60.0 Å². The molecule has 0 saturated heterocycles. The molecule has 4 bridgehead atoms. The Labute approximate surface area is 247 Å². The molecule has 1 aromatic carbocycles. The van der Waals surface area contributed by atoms with Gasteiger partial charge in [-0.3, -0.25) is 9.78 Å². The fourth-order valence-electron chi connectivity index (χ4n) is 8.43. The van der Waals surface area contributed by atoms with Crippen molar-refractivity contribution in [3.63, 3.8) is 0 Å². The summed E-state index contributed by atoms with van der Waals surface area (Å²) in [5.74, 6) is 2.00. The quantitative estimate of drug-likeness (QED) is 0.261. The van der Waals surface area contributed by atoms with E-state index in [1.165, 1.54) is 12.3 Å². The Morgan fingerprint density at radius 2 is 1.72 bits per heavy atom. The van der Waals surface area contributed by atoms with E-state index in [1.807, 2.05) is 29.2 Å². The van der Waals surface area contributed by atoms with Crippen molar-refractivity contribution in [2.24, 2.45) is 16.7 Å². The molecule has 0 radical (unpaired) electrons. The number of benzene rings is 1. The number of alkyl halides is 4. The lowest BCUT2D eigenvalue weighted by molar-refractivity contribution is -0.141. The van der Waals surface area contributed by atoms with E-state index in [4.69, 9.17) is 9.51 Å². The highest BCUT2D eigenvalue weighted by atomic mass is 19.4. The van der Waals surface area contributed by atoms with Gasteiger partial charge in [0.25, 0.3) is 0 Å². The van der Waals surface area contributed by atoms with Crippen LogP contribution in [-0.2, 0) is 16.4 Å². The zero-order valence-corrected chi connectivity index (χ0v) is 23.9. The summed E-state index contributed by atoms with van der Waals surface area (Å²) in [4.78, 5) is 24.7. The minimum Gasteiger partial charge on any atom is -0.339 e. The van der Waals surface area contributed by atoms with Crippen molar-refractivity contribution in [3.8, 4) is 11.1 Å². The molecular weight excluding hydrogens is 560 g/mol. The summed E-state index contributed by atoms with van der Waals surface area (Å²) < 4.78 is 59.7. The largest absolute Gasteiger partial charge is 0.433 e. The van der Waals surface area contributed by atoms with E-state index in [2.05, 4.69) is 10.1 Å². The molecule has 0 N–H and O–H groups in total. The molecule has 226 valence electrons. The predicted octanol–water partition coefficient (Wildman–Crippen LogP) is 7.79. The number of hydrogen-bond donors (Lipinski definition) is 0. The molecule has 10 rings (SSSR count). The van der Waals surface area contributed by atoms with Gasteiger partial charge in [0.15, 0.2) is 5.82 Å². The summed E-state index contributed by atoms with van der Waals surface area (Å²) >= 11 is 0. The van der Waals surface area contributed by atoms with Crippen LogP contribution in [0, 0.1) is 16.7 Å². The van der Waals surface area contributed by atoms with Crippen molar-refractivity contribution in [1.29, 1.82) is 0 Å². The third kappa shape index (κ3) is 4.49. The molecule has 10 heteroatoms. The molecule has 6 nitrogen and oxygen atoms in total. The van der Waals surface area contributed by atoms with Crippen molar-refractivity contribution in [1.82, 2.24) is 15.1 Å². The van der Waals surface area contributed by atoms with Gasteiger partial charge in [-0.15, -0.1) is 0 Å². The van der Waals surface area contributed by atoms with Gasteiger partial charge in [0, 0.05) is 35.3 Å². The summed E-state index contributed by atoms with van der Waals surface area (Å²) in [6.07, 6.45) is 5.05. The van der Waals surface area contributed by atoms with E-state index in [1.54, 1.807) is 0 Å². The number of rotatable bonds is 7. The van der Waals surface area contributed by atoms with Gasteiger partial charge in [0.05, 0.1) is 5.41 Å². The molecule has 1 amide bonds. The van der Waals surface area contributed by atoms with Crippen LogP contribution >= 0.6 is 0 Å². The molecule has 0 aliphatic heterocycles. The highest BCUT2D eigenvalue weighted by Gasteiger charge is 2.62. The second-order valence-corrected chi connectivity index (χ2v) is 14.1. The van der Waals surface area contributed by atoms with Crippen LogP contribution in [0.2, 0.25) is 0 Å². The maximum Gasteiger partial charge on any atom is 0.433 e. The number of carbonyl (C=O) groups is 1. The third-order valence-corrected chi connectivity index (χ3v) is 11.4. The minimum atomic E-state index is -4.51. The van der Waals surface area contributed by atoms with Gasteiger partial charge in [-0.05, 0) is 106 Å². The molecule has 0 spiro atoms. The molecule has 1 atom stereocenters. The van der Waals surface area contributed by atoms with Crippen LogP contribution in [0.3, 0.4) is 0 Å². The Bertz CT molecular complexity index is 1530. The van der Waals surface area contributed by atoms with Crippen molar-refractivity contribution in [2.75, 3.05) is 11.4 Å². The molecule has 7 aliphatic carbocycles. The lowest BCUT2D eigenvalue weighted by atomic mass is 9.53. The number of hydrogen-bond acceptors (Lipinski definition) is 5. The van der Waals surface area contributed by atoms with Crippen molar-refractivity contribution < 1.29 is 26.9 Å². The van der Waals surface area contributed by atoms with E-state index in [-0.39, 0.29) is 29.1 Å². The first-order chi connectivity index (χ1) is 20.6. The van der Waals surface area contributed by atoms with Gasteiger partial charge in [-0.2, -0.15) is 18.2 Å². The number of halogens is 4. The first-order valence-electron chi connectivity index (χ1n) is 15.5. The molecule has 7 saturated carbocycles. The number of fused-ring (bicyclic) bond motifs is 4. The lowest BCUT2D eigenvalue weighted by Crippen LogP contribution is -2.54. The topological polar surface area (TPSA) is 72.1 Å². The van der Waals surface area contributed by atoms with Crippen LogP contribution < -0.4 is 4.90 Å². The Kier molecular flexibility index (Phi) is 5.93. The summed E-state index contributed by atoms with van der Waals surface area (Å²) in [6.45, 7) is 0.539. The molecular formula is C33H34F4N4O2. The number of anilines is 1. The van der Waals surface area contributed by atoms with Gasteiger partial charge < -0.3 is 9.42 Å². The van der Waals surface area contributed by atoms with E-state index in [0.717, 1.165) is 69.1 Å². The maximum absolute atomic E-state index is 14.6. The SMILES string of the molecule is O=C(N(CC12CCC(c3nc(C4CC4)no3)(CC1)CC2)c1cccc(-c2ccc(C(F)(F)F)nc2)c1)C12CC(F)C(C1)C2. The highest BCUT2D eigenvalue weighted by Crippen LogP contribution is 2.62. The number of pyridine rings is 1. The number of aromatic nitrogens is 3. The Hall–Kier alpha value is -3.30. The molecule has 3 aromatic rings. The second kappa shape index (κ2) is 9.35. The zero-order valence-electron chi connectivity index (χ0n) is 23.9. The molecule has 2 aromatic heterocycles. The highest BCUT2D eigenvalue weighted by molar-refractivity contribution is 5.99. The third-order valence-electron chi connectivity index (χ3n) is 11.4. The van der Waals surface area contributed by atoms with Crippen LogP contribution in [0.1, 0.15) is 94.0 Å². The zero-order chi connectivity index (χ0) is 29.6. The molecule has 2 heterocycles. The molecule has 7 aliphatic rings. The van der Waals surface area contributed by atoms with Gasteiger partial charge in [-0.1, -0.05) is 23.4 Å². The van der Waals surface area contributed by atoms with E-state index in [0.29, 0.717) is 42.1 Å². The Morgan fingerprint density at radius 3 is 2.33 bits per heavy atom. The van der Waals surface area contributed by atoms with Crippen molar-refractivity contribution >= 4 is 11.6 Å². The normalized spacial score (nSPS) is 32.9. The minimum absolute atomic E-state index is 0.0191. The fraction of sp³-hybridized carbons (Fsp3) is 0.576. The second-order valence-electron chi connectivity index (χ2n) is 14.1. The maximum atomic E-state index is 14.6. The van der Waals surface area contributed by atoms with E-state index in [9.17, 15) is 22.4 Å². The summed E-state index contributed by atoms with van der Waals surface area (Å²) in [6, 6.07) is 9.78. The van der Waals surface area contributed by atoms with Gasteiger partial charge in [0.1, 0.15) is 11.9 Å². The summed E-state index contributed by atoms with van der Waals surface area (Å²) in [5.41, 5.74) is 0.140. The fourth-order valence-corrected chi connectivity index (χ4v) is 8.43. The monoisotopic (exact) mass is 594 g/mol. The van der Waals surface area contributed by atoms with Gasteiger partial charge in [-0.25, -0.2) is 4.39 Å². The molecule has 7 fully saturated rings. The Balaban J connectivity index is 1.08. The summed E-state index contributed by atoms with van der Waals surface area (Å²) in [7, 11) is 0. The standard InChI is InChI=1S/C33H34F4N4O2/c34-25-17-32(15-23(25)16-32)29(42)41(24-3-1-2-21(14-24)22-6-7-26(38-18-22)33(35,36)37)19-30-8-11-31(12-9-30,13-10-30)28-39-27(40-43-28)20-4-5-20/h1-3,6-7,14,18,20,23,25H,4-5,8-13,15-17,19H2. The van der Waals surface area contributed by atoms with Gasteiger partial charge in [0.2, 0.25) is 11.8 Å². The number of carbonyl (C=O) groups excluding carboxylic acids is 1. The average Bonchev–Trinajstić information content (AvgIpc) is 3.48. The number of nitrogens with zero attached hydrogens (tertiary/aromatic N) is 4. The van der Waals surface area contributed by atoms with Gasteiger partial charge >= 0.3 is 6.18 Å². The first kappa shape index (κ1) is 27.3. The van der Waals surface area contributed by atoms with E-state index < -0.39 is 23.5 Å². The van der Waals surface area contributed by atoms with Crippen LogP contribution in [-0.4, -0.2) is 33.7 Å². The van der Waals surface area contributed by atoms with Crippen LogP contribution in [0.15, 0.2) is 47.1 Å². The number of amides is 1. The Morgan fingerprint density at radius 1 is 0.977 bits per heavy atom. The first-order valence-corrected chi connectivity index (χ1v) is 15.5. The van der Waals surface area contributed by atoms with Crippen LogP contribution in [0.4, 0.5) is 23.2 Å². The van der Waals surface area contributed by atoms with Crippen molar-refractivity contribution in [2.45, 2.75) is 94.3 Å². The van der Waals surface area contributed by atoms with Crippen LogP contribution in [0.5, 0.6) is 0 Å².